The fraction of sp³-hybridized carbons (Fsp3) is 0.500. The molecule has 0 aliphatic carbocycles. The van der Waals surface area contributed by atoms with Crippen molar-refractivity contribution in [3.63, 3.8) is 0 Å². The van der Waals surface area contributed by atoms with Gasteiger partial charge in [-0.1, -0.05) is 106 Å². The van der Waals surface area contributed by atoms with E-state index in [-0.39, 0.29) is 213 Å². The monoisotopic (exact) mass is 1690 g/mol. The normalized spacial score (nSPS) is 16.9. The largest absolute Gasteiger partial charge is 0.379 e. The lowest BCUT2D eigenvalue weighted by Gasteiger charge is -2.33. The minimum absolute atomic E-state index is 0.0166. The first kappa shape index (κ1) is 89.0. The van der Waals surface area contributed by atoms with Crippen LogP contribution in [-0.4, -0.2) is 215 Å². The summed E-state index contributed by atoms with van der Waals surface area (Å²) in [5.74, 6) is -1.13. The van der Waals surface area contributed by atoms with Crippen LogP contribution in [0, 0.1) is 0 Å². The Kier molecular flexibility index (Phi) is 34.9. The van der Waals surface area contributed by atoms with Crippen LogP contribution >= 0.6 is 69.6 Å². The number of ether oxygens (including phenoxy) is 6. The van der Waals surface area contributed by atoms with Crippen LogP contribution in [0.5, 0.6) is 0 Å². The van der Waals surface area contributed by atoms with Crippen molar-refractivity contribution in [2.24, 2.45) is 5.73 Å². The van der Waals surface area contributed by atoms with Crippen molar-refractivity contribution in [3.05, 3.63) is 189 Å². The molecule has 2 amide bonds. The number of nitrogens with two attached hydrogens (primary N) is 1. The molecular weight excluding hydrogens is 1600 g/mol. The van der Waals surface area contributed by atoms with Gasteiger partial charge < -0.3 is 59.5 Å². The van der Waals surface area contributed by atoms with Crippen LogP contribution in [0.25, 0.3) is 0 Å². The molecule has 3 aliphatic heterocycles. The Hall–Kier alpha value is -4.96. The Balaban J connectivity index is 0.651. The number of carbonyl (C=O) groups is 3. The molecule has 6 N–H and O–H groups in total. The number of Topliss-reactive ketones (excluding diaryl/α,β-unsaturated/α-hetero) is 1. The summed E-state index contributed by atoms with van der Waals surface area (Å²) in [5.41, 5.74) is 14.2. The zero-order valence-electron chi connectivity index (χ0n) is 62.3. The first-order valence-electron chi connectivity index (χ1n) is 36.9. The lowest BCUT2D eigenvalue weighted by molar-refractivity contribution is -0.121. The van der Waals surface area contributed by atoms with Crippen LogP contribution in [0.4, 0.5) is 0 Å². The molecule has 0 spiro atoms. The number of likely N-dealkylation sites (N-methyl/N-ethyl adjacent to an activating group) is 3. The number of ketones is 1. The van der Waals surface area contributed by atoms with Gasteiger partial charge in [0.05, 0.1) is 86.5 Å². The van der Waals surface area contributed by atoms with E-state index in [4.69, 9.17) is 104 Å². The van der Waals surface area contributed by atoms with Gasteiger partial charge in [-0.25, -0.2) is 34.7 Å². The second kappa shape index (κ2) is 43.1. The van der Waals surface area contributed by atoms with E-state index >= 15 is 0 Å². The molecule has 0 saturated heterocycles. The highest BCUT2D eigenvalue weighted by atomic mass is 35.5. The maximum atomic E-state index is 13.5. The smallest absolute Gasteiger partial charge is 0.240 e. The number of fused-ring (bicyclic) bond motifs is 3. The molecule has 23 nitrogen and oxygen atoms in total. The van der Waals surface area contributed by atoms with Crippen LogP contribution in [0.3, 0.4) is 0 Å². The number of benzene rings is 6. The number of halogens is 6. The van der Waals surface area contributed by atoms with Crippen LogP contribution in [0.15, 0.2) is 124 Å². The fourth-order valence-electron chi connectivity index (χ4n) is 13.9. The number of rotatable bonds is 46. The average Bonchev–Trinajstić information content (AvgIpc) is 0.782. The summed E-state index contributed by atoms with van der Waals surface area (Å²) in [5, 5.41) is 8.96. The van der Waals surface area contributed by atoms with E-state index in [2.05, 4.69) is 34.8 Å². The molecular formula is C78H100Cl6N8O15S3. The minimum Gasteiger partial charge on any atom is -0.379 e. The summed E-state index contributed by atoms with van der Waals surface area (Å²) < 4.78 is 120. The number of nitrogens with one attached hydrogen (secondary N) is 4. The van der Waals surface area contributed by atoms with Gasteiger partial charge in [0.2, 0.25) is 31.9 Å². The van der Waals surface area contributed by atoms with Gasteiger partial charge >= 0.3 is 0 Å². The summed E-state index contributed by atoms with van der Waals surface area (Å²) in [6.07, 6.45) is 1.63. The van der Waals surface area contributed by atoms with Crippen molar-refractivity contribution in [2.45, 2.75) is 115 Å². The zero-order chi connectivity index (χ0) is 79.0. The maximum Gasteiger partial charge on any atom is 0.240 e. The number of carbonyl (C=O) groups excluding carboxylic acids is 3. The molecule has 6 aromatic carbocycles. The third-order valence-electron chi connectivity index (χ3n) is 19.6. The molecule has 0 fully saturated rings. The highest BCUT2D eigenvalue weighted by molar-refractivity contribution is 7.91. The van der Waals surface area contributed by atoms with Crippen molar-refractivity contribution in [3.8, 4) is 0 Å². The molecule has 3 heterocycles. The van der Waals surface area contributed by atoms with Crippen LogP contribution in [0.1, 0.15) is 126 Å². The molecule has 0 saturated carbocycles. The topological polar surface area (TPSA) is 293 Å². The van der Waals surface area contributed by atoms with Gasteiger partial charge in [0, 0.05) is 158 Å². The first-order valence-corrected chi connectivity index (χ1v) is 43.8. The standard InChI is InChI=1S/C78H100Cl6N8O15S3/c1-90-48-67(64-42-57(79)45-73(82)70(64)51-90)54-9-4-13-61(39-54)108(96,97)38-8-27-103-33-34-104-28-22-86-76(94)17-20-78(85,19-16-60(93)12-7-26-102-32-35-106-30-24-88-109(98,99)62-14-5-10-55(40-62)68-49-91(2)52-71-65(68)43-58(80)46-74(71)83)21-18-77(95)87-23-29-105-36-37-107-31-25-89-110(100,101)63-15-6-11-56(41-63)69-50-92(3)53-72-66(69)44-59(81)47-75(72)84/h4-6,9-11,13-15,39-47,67-69,88-89H,7-8,12,16-38,48-53,85H2,1-3H3,(H,86,94)(H,87,95)/t67-,68-,69-,78?/m0/s1. The number of sulfonamides is 2. The molecule has 0 bridgehead atoms. The van der Waals surface area contributed by atoms with E-state index in [0.29, 0.717) is 75.8 Å². The summed E-state index contributed by atoms with van der Waals surface area (Å²) >= 11 is 38.9. The molecule has 9 rings (SSSR count). The Morgan fingerprint density at radius 3 is 1.15 bits per heavy atom. The van der Waals surface area contributed by atoms with Crippen molar-refractivity contribution in [2.75, 3.05) is 152 Å². The van der Waals surface area contributed by atoms with Gasteiger partial charge in [0.25, 0.3) is 0 Å². The number of amides is 2. The molecule has 0 radical (unpaired) electrons. The summed E-state index contributed by atoms with van der Waals surface area (Å²) in [6, 6.07) is 31.6. The molecule has 110 heavy (non-hydrogen) atoms. The quantitative estimate of drug-likeness (QED) is 0.0222. The van der Waals surface area contributed by atoms with Gasteiger partial charge in [-0.2, -0.15) is 0 Å². The number of nitrogens with zero attached hydrogens (tertiary/aromatic N) is 3. The second-order valence-corrected chi connectivity index (χ2v) is 36.4. The van der Waals surface area contributed by atoms with Crippen molar-refractivity contribution in [1.29, 1.82) is 0 Å². The highest BCUT2D eigenvalue weighted by Gasteiger charge is 2.33. The van der Waals surface area contributed by atoms with E-state index in [1.807, 2.05) is 57.5 Å². The van der Waals surface area contributed by atoms with E-state index in [1.54, 1.807) is 72.8 Å². The molecule has 602 valence electrons. The molecule has 32 heteroatoms. The number of hydrogen-bond donors (Lipinski definition) is 5. The Morgan fingerprint density at radius 2 is 0.764 bits per heavy atom. The molecule has 4 atom stereocenters. The van der Waals surface area contributed by atoms with Gasteiger partial charge in [-0.05, 0) is 176 Å². The van der Waals surface area contributed by atoms with Crippen molar-refractivity contribution < 1.29 is 68.1 Å². The van der Waals surface area contributed by atoms with E-state index in [1.165, 1.54) is 0 Å². The number of hydrogen-bond acceptors (Lipinski definition) is 19. The first-order chi connectivity index (χ1) is 52.6. The average molecular weight is 1700 g/mol. The van der Waals surface area contributed by atoms with Crippen LogP contribution in [-0.2, 0) is 92.3 Å². The Labute approximate surface area is 677 Å². The lowest BCUT2D eigenvalue weighted by Crippen LogP contribution is -2.43. The SMILES string of the molecule is CN1Cc2c(Cl)cc(Cl)cc2[C@H](c2cccc(S(=O)(=O)CCCOCCOCCNC(=O)CCC(N)(CCC(=O)CCCOCCOCCNS(=O)(=O)c3cccc([C@@H]4CN(C)Cc5c(Cl)cc(Cl)cc54)c3)CCC(=O)NCCOCCOCCNS(=O)(=O)c3cccc([C@@H]4CN(C)Cc5c(Cl)cc(Cl)cc54)c3)c2)C1. The Morgan fingerprint density at radius 1 is 0.427 bits per heavy atom. The lowest BCUT2D eigenvalue weighted by atomic mass is 9.83. The van der Waals surface area contributed by atoms with Crippen molar-refractivity contribution >= 4 is 117 Å². The molecule has 1 unspecified atom stereocenters. The summed E-state index contributed by atoms with van der Waals surface area (Å²) in [7, 11) is -5.39. The predicted molar refractivity (Wildman–Crippen MR) is 430 cm³/mol. The maximum absolute atomic E-state index is 13.5. The molecule has 3 aliphatic rings. The third-order valence-corrected chi connectivity index (χ3v) is 26.0. The summed E-state index contributed by atoms with van der Waals surface area (Å²) in [4.78, 5) is 46.5. The predicted octanol–water partition coefficient (Wildman–Crippen LogP) is 11.2. The fourth-order valence-corrected chi connectivity index (χ4v) is 19.1. The van der Waals surface area contributed by atoms with E-state index in [0.717, 1.165) is 50.1 Å². The van der Waals surface area contributed by atoms with Gasteiger partial charge in [0.15, 0.2) is 9.84 Å². The molecule has 0 aromatic heterocycles. The van der Waals surface area contributed by atoms with E-state index < -0.39 is 35.4 Å². The van der Waals surface area contributed by atoms with Crippen molar-refractivity contribution in [1.82, 2.24) is 34.8 Å². The minimum atomic E-state index is -3.87. The summed E-state index contributed by atoms with van der Waals surface area (Å²) in [6.45, 7) is 6.63. The van der Waals surface area contributed by atoms with Crippen LogP contribution < -0.4 is 25.8 Å². The third kappa shape index (κ3) is 27.1. The van der Waals surface area contributed by atoms with E-state index in [9.17, 15) is 39.6 Å². The van der Waals surface area contributed by atoms with Gasteiger partial charge in [-0.15, -0.1) is 0 Å². The molecule has 6 aromatic rings. The second-order valence-electron chi connectivity index (χ2n) is 28.2. The highest BCUT2D eigenvalue weighted by Crippen LogP contribution is 2.42. The van der Waals surface area contributed by atoms with Gasteiger partial charge in [-0.3, -0.25) is 14.4 Å². The van der Waals surface area contributed by atoms with Gasteiger partial charge in [0.1, 0.15) is 5.78 Å². The number of sulfone groups is 1. The Bertz CT molecular complexity index is 4020. The zero-order valence-corrected chi connectivity index (χ0v) is 69.3. The van der Waals surface area contributed by atoms with Crippen LogP contribution in [0.2, 0.25) is 30.1 Å².